The molecular weight excluding hydrogens is 323 g/mol. The van der Waals surface area contributed by atoms with Crippen LogP contribution in [0.15, 0.2) is 24.3 Å². The number of nitrogens with zero attached hydrogens (tertiary/aromatic N) is 1. The van der Waals surface area contributed by atoms with Crippen molar-refractivity contribution in [3.05, 3.63) is 45.2 Å². The van der Waals surface area contributed by atoms with Gasteiger partial charge in [-0.05, 0) is 18.2 Å². The number of ether oxygens (including phenoxy) is 1. The van der Waals surface area contributed by atoms with Gasteiger partial charge in [-0.1, -0.05) is 40.9 Å². The Morgan fingerprint density at radius 2 is 1.95 bits per heavy atom. The van der Waals surface area contributed by atoms with E-state index in [1.807, 2.05) is 0 Å². The van der Waals surface area contributed by atoms with Crippen LogP contribution in [0.1, 0.15) is 10.5 Å². The molecule has 0 saturated carbocycles. The maximum atomic E-state index is 12.2. The molecule has 0 radical (unpaired) electrons. The van der Waals surface area contributed by atoms with E-state index in [1.165, 1.54) is 17.7 Å². The van der Waals surface area contributed by atoms with Gasteiger partial charge in [-0.3, -0.25) is 4.79 Å². The van der Waals surface area contributed by atoms with Gasteiger partial charge >= 0.3 is 0 Å². The van der Waals surface area contributed by atoms with Crippen LogP contribution in [-0.2, 0) is 7.05 Å². The molecule has 7 heteroatoms. The van der Waals surface area contributed by atoms with E-state index in [0.717, 1.165) is 0 Å². The van der Waals surface area contributed by atoms with Crippen LogP contribution in [0.25, 0.3) is 0 Å². The van der Waals surface area contributed by atoms with Crippen LogP contribution in [-0.4, -0.2) is 17.6 Å². The second-order valence-electron chi connectivity index (χ2n) is 4.00. The van der Waals surface area contributed by atoms with Gasteiger partial charge in [0, 0.05) is 7.05 Å². The summed E-state index contributed by atoms with van der Waals surface area (Å²) in [6.07, 6.45) is 0. The summed E-state index contributed by atoms with van der Waals surface area (Å²) in [5.41, 5.74) is 0.806. The molecule has 0 atom stereocenters. The van der Waals surface area contributed by atoms with Crippen LogP contribution in [0, 0.1) is 0 Å². The van der Waals surface area contributed by atoms with Gasteiger partial charge < -0.3 is 14.6 Å². The van der Waals surface area contributed by atoms with E-state index in [9.17, 15) is 4.79 Å². The zero-order valence-corrected chi connectivity index (χ0v) is 13.0. The predicted molar refractivity (Wildman–Crippen MR) is 81.4 cm³/mol. The first-order valence-electron chi connectivity index (χ1n) is 5.60. The van der Waals surface area contributed by atoms with Crippen molar-refractivity contribution >= 4 is 46.4 Å². The molecule has 1 aromatic carbocycles. The fraction of sp³-hybridized carbons (Fsp3) is 0.154. The van der Waals surface area contributed by atoms with Crippen molar-refractivity contribution in [2.24, 2.45) is 7.05 Å². The average Bonchev–Trinajstić information content (AvgIpc) is 2.67. The summed E-state index contributed by atoms with van der Waals surface area (Å²) >= 11 is 17.8. The molecule has 0 saturated heterocycles. The molecule has 1 N–H and O–H groups in total. The third-order valence-corrected chi connectivity index (χ3v) is 3.91. The van der Waals surface area contributed by atoms with Crippen molar-refractivity contribution in [2.45, 2.75) is 0 Å². The molecule has 0 aliphatic rings. The van der Waals surface area contributed by atoms with Crippen LogP contribution in [0.3, 0.4) is 0 Å². The largest absolute Gasteiger partial charge is 0.493 e. The molecule has 2 rings (SSSR count). The molecule has 0 unspecified atom stereocenters. The number of halogens is 3. The van der Waals surface area contributed by atoms with Crippen molar-refractivity contribution in [3.63, 3.8) is 0 Å². The second kappa shape index (κ2) is 5.95. The molecule has 106 valence electrons. The monoisotopic (exact) mass is 332 g/mol. The Bertz CT molecular complexity index is 668. The van der Waals surface area contributed by atoms with Crippen molar-refractivity contribution in [3.8, 4) is 5.75 Å². The second-order valence-corrected chi connectivity index (χ2v) is 5.17. The van der Waals surface area contributed by atoms with Crippen LogP contribution in [0.4, 0.5) is 5.69 Å². The highest BCUT2D eigenvalue weighted by Gasteiger charge is 2.17. The summed E-state index contributed by atoms with van der Waals surface area (Å²) in [7, 11) is 3.13. The first-order valence-corrected chi connectivity index (χ1v) is 6.73. The fourth-order valence-electron chi connectivity index (χ4n) is 1.76. The quantitative estimate of drug-likeness (QED) is 0.912. The van der Waals surface area contributed by atoms with E-state index in [-0.39, 0.29) is 5.91 Å². The number of benzene rings is 1. The number of rotatable bonds is 3. The van der Waals surface area contributed by atoms with Gasteiger partial charge in [0.2, 0.25) is 0 Å². The van der Waals surface area contributed by atoms with E-state index in [2.05, 4.69) is 5.32 Å². The van der Waals surface area contributed by atoms with Crippen molar-refractivity contribution in [2.75, 3.05) is 12.4 Å². The minimum absolute atomic E-state index is 0.301. The molecule has 2 aromatic rings. The molecule has 4 nitrogen and oxygen atoms in total. The van der Waals surface area contributed by atoms with Gasteiger partial charge in [0.25, 0.3) is 5.91 Å². The minimum atomic E-state index is -0.359. The zero-order chi connectivity index (χ0) is 14.9. The average molecular weight is 334 g/mol. The van der Waals surface area contributed by atoms with Gasteiger partial charge in [-0.25, -0.2) is 0 Å². The lowest BCUT2D eigenvalue weighted by Gasteiger charge is -2.11. The normalized spacial score (nSPS) is 10.4. The standard InChI is InChI=1S/C13H11Cl3N2O2/c1-18-10(6-8(15)12(18)16)13(19)17-9-5-3-4-7(14)11(9)20-2/h3-6H,1-2H3,(H,17,19). The van der Waals surface area contributed by atoms with Crippen molar-refractivity contribution in [1.82, 2.24) is 4.57 Å². The van der Waals surface area contributed by atoms with Crippen LogP contribution >= 0.6 is 34.8 Å². The highest BCUT2D eigenvalue weighted by molar-refractivity contribution is 6.42. The maximum absolute atomic E-state index is 12.2. The molecular formula is C13H11Cl3N2O2. The summed E-state index contributed by atoms with van der Waals surface area (Å²) in [5.74, 6) is 0.0378. The lowest BCUT2D eigenvalue weighted by molar-refractivity contribution is 0.101. The zero-order valence-electron chi connectivity index (χ0n) is 10.7. The van der Waals surface area contributed by atoms with Gasteiger partial charge in [0.15, 0.2) is 5.75 Å². The lowest BCUT2D eigenvalue weighted by atomic mass is 10.2. The number of aromatic nitrogens is 1. The number of methoxy groups -OCH3 is 1. The molecule has 1 aromatic heterocycles. The third-order valence-electron chi connectivity index (χ3n) is 2.77. The van der Waals surface area contributed by atoms with E-state index in [4.69, 9.17) is 39.5 Å². The topological polar surface area (TPSA) is 43.3 Å². The van der Waals surface area contributed by atoms with Crippen LogP contribution in [0.5, 0.6) is 5.75 Å². The first-order chi connectivity index (χ1) is 9.45. The van der Waals surface area contributed by atoms with E-state index >= 15 is 0 Å². The lowest BCUT2D eigenvalue weighted by Crippen LogP contribution is -2.16. The Morgan fingerprint density at radius 3 is 2.50 bits per heavy atom. The first kappa shape index (κ1) is 15.0. The summed E-state index contributed by atoms with van der Waals surface area (Å²) in [5, 5.41) is 3.74. The van der Waals surface area contributed by atoms with E-state index in [0.29, 0.717) is 32.3 Å². The van der Waals surface area contributed by atoms with Gasteiger partial charge in [-0.15, -0.1) is 0 Å². The summed E-state index contributed by atoms with van der Waals surface area (Å²) < 4.78 is 6.66. The van der Waals surface area contributed by atoms with Gasteiger partial charge in [0.05, 0.1) is 22.8 Å². The Kier molecular flexibility index (Phi) is 4.48. The third kappa shape index (κ3) is 2.73. The number of para-hydroxylation sites is 1. The van der Waals surface area contributed by atoms with Crippen molar-refractivity contribution < 1.29 is 9.53 Å². The number of amides is 1. The number of nitrogens with one attached hydrogen (secondary N) is 1. The Labute approximate surface area is 131 Å². The summed E-state index contributed by atoms with van der Waals surface area (Å²) in [6, 6.07) is 6.57. The fourth-order valence-corrected chi connectivity index (χ4v) is 2.39. The van der Waals surface area contributed by atoms with Gasteiger partial charge in [-0.2, -0.15) is 0 Å². The highest BCUT2D eigenvalue weighted by atomic mass is 35.5. The number of hydrogen-bond acceptors (Lipinski definition) is 2. The Balaban J connectivity index is 2.33. The Hall–Kier alpha value is -1.36. The summed E-state index contributed by atoms with van der Waals surface area (Å²) in [4.78, 5) is 12.2. The van der Waals surface area contributed by atoms with Crippen LogP contribution in [0.2, 0.25) is 15.2 Å². The molecule has 20 heavy (non-hydrogen) atoms. The number of hydrogen-bond donors (Lipinski definition) is 1. The summed E-state index contributed by atoms with van der Waals surface area (Å²) in [6.45, 7) is 0. The highest BCUT2D eigenvalue weighted by Crippen LogP contribution is 2.33. The minimum Gasteiger partial charge on any atom is -0.493 e. The number of anilines is 1. The van der Waals surface area contributed by atoms with E-state index < -0.39 is 0 Å². The van der Waals surface area contributed by atoms with Crippen molar-refractivity contribution in [1.29, 1.82) is 0 Å². The van der Waals surface area contributed by atoms with Gasteiger partial charge in [0.1, 0.15) is 10.8 Å². The molecule has 0 aliphatic heterocycles. The molecule has 0 spiro atoms. The number of carbonyl (C=O) groups is 1. The Morgan fingerprint density at radius 1 is 1.25 bits per heavy atom. The number of carbonyl (C=O) groups excluding carboxylic acids is 1. The van der Waals surface area contributed by atoms with Crippen LogP contribution < -0.4 is 10.1 Å². The predicted octanol–water partition coefficient (Wildman–Crippen LogP) is 4.25. The maximum Gasteiger partial charge on any atom is 0.272 e. The SMILES string of the molecule is COc1c(Cl)cccc1NC(=O)c1cc(Cl)c(Cl)n1C. The smallest absolute Gasteiger partial charge is 0.272 e. The molecule has 1 heterocycles. The molecule has 1 amide bonds. The molecule has 0 fully saturated rings. The molecule has 0 aliphatic carbocycles. The molecule has 0 bridgehead atoms. The van der Waals surface area contributed by atoms with E-state index in [1.54, 1.807) is 25.2 Å².